The Morgan fingerprint density at radius 1 is 1.43 bits per heavy atom. The van der Waals surface area contributed by atoms with Crippen LogP contribution in [0.2, 0.25) is 0 Å². The molecule has 0 aromatic rings. The number of aliphatic hydroxyl groups excluding tert-OH is 1. The summed E-state index contributed by atoms with van der Waals surface area (Å²) in [5.74, 6) is 0.161. The summed E-state index contributed by atoms with van der Waals surface area (Å²) in [6.45, 7) is 2.50. The van der Waals surface area contributed by atoms with Crippen LogP contribution in [0.1, 0.15) is 25.7 Å². The van der Waals surface area contributed by atoms with Gasteiger partial charge >= 0.3 is 0 Å². The van der Waals surface area contributed by atoms with Gasteiger partial charge in [-0.15, -0.1) is 0 Å². The Morgan fingerprint density at radius 3 is 3.00 bits per heavy atom. The Bertz CT molecular complexity index is 220. The molecular formula is C10H18N2O2. The Hall–Kier alpha value is -0.610. The van der Waals surface area contributed by atoms with Crippen molar-refractivity contribution in [3.8, 4) is 0 Å². The van der Waals surface area contributed by atoms with E-state index in [2.05, 4.69) is 10.2 Å². The Labute approximate surface area is 84.3 Å². The van der Waals surface area contributed by atoms with Crippen molar-refractivity contribution in [3.05, 3.63) is 0 Å². The maximum absolute atomic E-state index is 11.3. The highest BCUT2D eigenvalue weighted by molar-refractivity contribution is 5.76. The molecule has 2 aliphatic rings. The van der Waals surface area contributed by atoms with Crippen LogP contribution in [0.25, 0.3) is 0 Å². The summed E-state index contributed by atoms with van der Waals surface area (Å²) in [7, 11) is 0. The summed E-state index contributed by atoms with van der Waals surface area (Å²) in [6, 6.07) is 0.356. The molecule has 2 atom stereocenters. The zero-order valence-corrected chi connectivity index (χ0v) is 8.41. The smallest absolute Gasteiger partial charge is 0.221 e. The lowest BCUT2D eigenvalue weighted by molar-refractivity contribution is -0.121. The van der Waals surface area contributed by atoms with E-state index in [0.29, 0.717) is 12.5 Å². The second kappa shape index (κ2) is 4.28. The molecule has 14 heavy (non-hydrogen) atoms. The standard InChI is InChI=1S/C10H18N2O2/c13-9-3-5-12(7-9)8-2-1-4-11-10(14)6-8/h8-9,13H,1-7H2,(H,11,14)/t8?,9-/m1/s1. The normalized spacial score (nSPS) is 35.4. The SMILES string of the molecule is O=C1CC(N2CC[C@@H](O)C2)CCCN1. The van der Waals surface area contributed by atoms with Gasteiger partial charge in [-0.1, -0.05) is 0 Å². The first-order chi connectivity index (χ1) is 6.75. The molecule has 0 aromatic heterocycles. The van der Waals surface area contributed by atoms with Crippen LogP contribution in [-0.4, -0.2) is 47.7 Å². The maximum Gasteiger partial charge on any atom is 0.221 e. The molecule has 2 fully saturated rings. The maximum atomic E-state index is 11.3. The lowest BCUT2D eigenvalue weighted by atomic mass is 10.1. The number of likely N-dealkylation sites (tertiary alicyclic amines) is 1. The molecule has 1 unspecified atom stereocenters. The van der Waals surface area contributed by atoms with Gasteiger partial charge in [0.2, 0.25) is 5.91 Å². The van der Waals surface area contributed by atoms with Crippen LogP contribution >= 0.6 is 0 Å². The minimum atomic E-state index is -0.179. The summed E-state index contributed by atoms with van der Waals surface area (Å²) in [5.41, 5.74) is 0. The van der Waals surface area contributed by atoms with Gasteiger partial charge in [0.25, 0.3) is 0 Å². The second-order valence-corrected chi connectivity index (χ2v) is 4.29. The molecule has 2 aliphatic heterocycles. The van der Waals surface area contributed by atoms with Crippen LogP contribution in [-0.2, 0) is 4.79 Å². The Balaban J connectivity index is 1.92. The van der Waals surface area contributed by atoms with Gasteiger partial charge in [-0.3, -0.25) is 9.69 Å². The average molecular weight is 198 g/mol. The van der Waals surface area contributed by atoms with Gasteiger partial charge in [0.15, 0.2) is 0 Å². The van der Waals surface area contributed by atoms with Crippen LogP contribution < -0.4 is 5.32 Å². The van der Waals surface area contributed by atoms with E-state index in [1.54, 1.807) is 0 Å². The van der Waals surface area contributed by atoms with E-state index in [1.165, 1.54) is 0 Å². The zero-order chi connectivity index (χ0) is 9.97. The van der Waals surface area contributed by atoms with Crippen LogP contribution in [0.4, 0.5) is 0 Å². The number of nitrogens with zero attached hydrogens (tertiary/aromatic N) is 1. The van der Waals surface area contributed by atoms with Crippen LogP contribution in [0.15, 0.2) is 0 Å². The highest BCUT2D eigenvalue weighted by atomic mass is 16.3. The number of aliphatic hydroxyl groups is 1. The van der Waals surface area contributed by atoms with E-state index in [0.717, 1.165) is 38.9 Å². The number of hydrogen-bond acceptors (Lipinski definition) is 3. The van der Waals surface area contributed by atoms with E-state index in [4.69, 9.17) is 0 Å². The van der Waals surface area contributed by atoms with E-state index in [-0.39, 0.29) is 12.0 Å². The molecule has 0 bridgehead atoms. The fourth-order valence-corrected chi connectivity index (χ4v) is 2.37. The lowest BCUT2D eigenvalue weighted by Gasteiger charge is -2.25. The van der Waals surface area contributed by atoms with Crippen molar-refractivity contribution in [2.45, 2.75) is 37.8 Å². The molecule has 0 aliphatic carbocycles. The first-order valence-electron chi connectivity index (χ1n) is 5.44. The lowest BCUT2D eigenvalue weighted by Crippen LogP contribution is -2.36. The third kappa shape index (κ3) is 2.25. The number of carbonyl (C=O) groups is 1. The summed E-state index contributed by atoms with van der Waals surface area (Å²) in [4.78, 5) is 13.6. The number of amides is 1. The summed E-state index contributed by atoms with van der Waals surface area (Å²) in [6.07, 6.45) is 3.42. The van der Waals surface area contributed by atoms with E-state index in [9.17, 15) is 9.90 Å². The van der Waals surface area contributed by atoms with Crippen molar-refractivity contribution in [2.24, 2.45) is 0 Å². The van der Waals surface area contributed by atoms with Gasteiger partial charge in [0.05, 0.1) is 6.10 Å². The Kier molecular flexibility index (Phi) is 3.03. The molecule has 0 radical (unpaired) electrons. The molecule has 2 rings (SSSR count). The molecule has 4 heteroatoms. The highest BCUT2D eigenvalue weighted by Gasteiger charge is 2.29. The second-order valence-electron chi connectivity index (χ2n) is 4.29. The zero-order valence-electron chi connectivity index (χ0n) is 8.41. The first-order valence-corrected chi connectivity index (χ1v) is 5.44. The molecule has 4 nitrogen and oxygen atoms in total. The largest absolute Gasteiger partial charge is 0.392 e. The fraction of sp³-hybridized carbons (Fsp3) is 0.900. The molecule has 0 aromatic carbocycles. The summed E-state index contributed by atoms with van der Waals surface area (Å²) in [5, 5.41) is 12.3. The van der Waals surface area contributed by atoms with Crippen LogP contribution in [0, 0.1) is 0 Å². The number of hydrogen-bond donors (Lipinski definition) is 2. The van der Waals surface area contributed by atoms with E-state index >= 15 is 0 Å². The molecular weight excluding hydrogens is 180 g/mol. The molecule has 80 valence electrons. The van der Waals surface area contributed by atoms with Crippen LogP contribution in [0.5, 0.6) is 0 Å². The number of nitrogens with one attached hydrogen (secondary N) is 1. The van der Waals surface area contributed by atoms with E-state index < -0.39 is 0 Å². The first kappa shape index (κ1) is 9.93. The Morgan fingerprint density at radius 2 is 2.29 bits per heavy atom. The van der Waals surface area contributed by atoms with Crippen molar-refractivity contribution < 1.29 is 9.90 Å². The predicted octanol–water partition coefficient (Wildman–Crippen LogP) is -0.278. The third-order valence-electron chi connectivity index (χ3n) is 3.17. The summed E-state index contributed by atoms with van der Waals surface area (Å²) >= 11 is 0. The molecule has 2 saturated heterocycles. The fourth-order valence-electron chi connectivity index (χ4n) is 2.37. The number of carbonyl (C=O) groups excluding carboxylic acids is 1. The highest BCUT2D eigenvalue weighted by Crippen LogP contribution is 2.19. The van der Waals surface area contributed by atoms with Gasteiger partial charge in [0.1, 0.15) is 0 Å². The van der Waals surface area contributed by atoms with Gasteiger partial charge in [-0.2, -0.15) is 0 Å². The van der Waals surface area contributed by atoms with Crippen molar-refractivity contribution in [2.75, 3.05) is 19.6 Å². The minimum absolute atomic E-state index is 0.161. The van der Waals surface area contributed by atoms with Gasteiger partial charge in [0, 0.05) is 32.1 Å². The molecule has 1 amide bonds. The minimum Gasteiger partial charge on any atom is -0.392 e. The predicted molar refractivity (Wildman–Crippen MR) is 52.8 cm³/mol. The molecule has 2 heterocycles. The monoisotopic (exact) mass is 198 g/mol. The van der Waals surface area contributed by atoms with Crippen LogP contribution in [0.3, 0.4) is 0 Å². The number of rotatable bonds is 1. The third-order valence-corrected chi connectivity index (χ3v) is 3.17. The van der Waals surface area contributed by atoms with Gasteiger partial charge < -0.3 is 10.4 Å². The average Bonchev–Trinajstić information content (AvgIpc) is 2.45. The molecule has 0 spiro atoms. The quantitative estimate of drug-likeness (QED) is 0.609. The topological polar surface area (TPSA) is 52.6 Å². The van der Waals surface area contributed by atoms with Crippen molar-refractivity contribution in [1.29, 1.82) is 0 Å². The number of β-amino-alcohol motifs (C(OH)–C–C–N with tert-alkyl or cyclic N) is 1. The molecule has 2 N–H and O–H groups in total. The van der Waals surface area contributed by atoms with Gasteiger partial charge in [-0.25, -0.2) is 0 Å². The summed E-state index contributed by atoms with van der Waals surface area (Å²) < 4.78 is 0. The van der Waals surface area contributed by atoms with Gasteiger partial charge in [-0.05, 0) is 19.3 Å². The van der Waals surface area contributed by atoms with E-state index in [1.807, 2.05) is 0 Å². The molecule has 0 saturated carbocycles. The van der Waals surface area contributed by atoms with Crippen molar-refractivity contribution in [3.63, 3.8) is 0 Å². The van der Waals surface area contributed by atoms with Crippen molar-refractivity contribution >= 4 is 5.91 Å². The van der Waals surface area contributed by atoms with Crippen molar-refractivity contribution in [1.82, 2.24) is 10.2 Å².